The molecule has 2 rings (SSSR count). The Balaban J connectivity index is 1.81. The second kappa shape index (κ2) is 9.23. The smallest absolute Gasteiger partial charge is 0.244 e. The van der Waals surface area contributed by atoms with Crippen molar-refractivity contribution >= 4 is 31.7 Å². The Labute approximate surface area is 171 Å². The SMILES string of the molecule is Cc1ccc(S(=O)(=O)NCCC(=O)NC(C)C(=O)N2CCS(=O)(=O)CC2)cc1C. The molecule has 1 aromatic rings. The number of sulfone groups is 1. The number of nitrogens with one attached hydrogen (secondary N) is 2. The van der Waals surface area contributed by atoms with Crippen molar-refractivity contribution in [2.75, 3.05) is 31.1 Å². The molecule has 1 fully saturated rings. The molecule has 0 spiro atoms. The summed E-state index contributed by atoms with van der Waals surface area (Å²) in [5.41, 5.74) is 1.83. The largest absolute Gasteiger partial charge is 0.345 e. The van der Waals surface area contributed by atoms with Crippen molar-refractivity contribution in [3.8, 4) is 0 Å². The normalized spacial score (nSPS) is 17.6. The molecule has 162 valence electrons. The fraction of sp³-hybridized carbons (Fsp3) is 0.556. The van der Waals surface area contributed by atoms with Gasteiger partial charge in [0, 0.05) is 26.1 Å². The summed E-state index contributed by atoms with van der Waals surface area (Å²) < 4.78 is 49.9. The Morgan fingerprint density at radius 1 is 1.14 bits per heavy atom. The van der Waals surface area contributed by atoms with Gasteiger partial charge in [-0.15, -0.1) is 0 Å². The Bertz CT molecular complexity index is 975. The maximum Gasteiger partial charge on any atom is 0.244 e. The molecular formula is C18H27N3O6S2. The van der Waals surface area contributed by atoms with Crippen molar-refractivity contribution in [3.05, 3.63) is 29.3 Å². The van der Waals surface area contributed by atoms with Crippen LogP contribution in [0, 0.1) is 13.8 Å². The van der Waals surface area contributed by atoms with Crippen molar-refractivity contribution in [1.82, 2.24) is 14.9 Å². The van der Waals surface area contributed by atoms with Crippen molar-refractivity contribution < 1.29 is 26.4 Å². The Hall–Kier alpha value is -1.98. The maximum absolute atomic E-state index is 12.3. The molecule has 2 amide bonds. The van der Waals surface area contributed by atoms with Crippen molar-refractivity contribution in [2.45, 2.75) is 38.1 Å². The molecule has 9 nitrogen and oxygen atoms in total. The molecule has 0 radical (unpaired) electrons. The van der Waals surface area contributed by atoms with Gasteiger partial charge in [0.25, 0.3) is 0 Å². The van der Waals surface area contributed by atoms with Crippen LogP contribution < -0.4 is 10.0 Å². The lowest BCUT2D eigenvalue weighted by atomic mass is 10.1. The summed E-state index contributed by atoms with van der Waals surface area (Å²) in [7, 11) is -6.83. The highest BCUT2D eigenvalue weighted by atomic mass is 32.2. The molecule has 1 unspecified atom stereocenters. The third-order valence-electron chi connectivity index (χ3n) is 4.84. The predicted octanol–water partition coefficient (Wildman–Crippen LogP) is -0.266. The lowest BCUT2D eigenvalue weighted by molar-refractivity contribution is -0.135. The molecule has 1 atom stereocenters. The number of amides is 2. The van der Waals surface area contributed by atoms with E-state index in [0.29, 0.717) is 0 Å². The van der Waals surface area contributed by atoms with Gasteiger partial charge in [0.1, 0.15) is 6.04 Å². The van der Waals surface area contributed by atoms with E-state index in [1.807, 2.05) is 13.8 Å². The average Bonchev–Trinajstić information content (AvgIpc) is 2.63. The van der Waals surface area contributed by atoms with E-state index in [1.165, 1.54) is 17.9 Å². The molecule has 0 aliphatic carbocycles. The number of hydrogen-bond acceptors (Lipinski definition) is 6. The molecule has 1 aliphatic heterocycles. The molecule has 0 aromatic heterocycles. The number of sulfonamides is 1. The summed E-state index contributed by atoms with van der Waals surface area (Å²) in [5, 5.41) is 2.53. The average molecular weight is 446 g/mol. The van der Waals surface area contributed by atoms with E-state index in [9.17, 15) is 26.4 Å². The molecule has 2 N–H and O–H groups in total. The van der Waals surface area contributed by atoms with Gasteiger partial charge in [-0.1, -0.05) is 6.07 Å². The van der Waals surface area contributed by atoms with Gasteiger partial charge < -0.3 is 10.2 Å². The highest BCUT2D eigenvalue weighted by Crippen LogP contribution is 2.14. The first-order chi connectivity index (χ1) is 13.4. The number of carbonyl (C=O) groups is 2. The number of benzene rings is 1. The van der Waals surface area contributed by atoms with Crippen LogP contribution in [0.3, 0.4) is 0 Å². The van der Waals surface area contributed by atoms with Gasteiger partial charge in [-0.2, -0.15) is 0 Å². The molecular weight excluding hydrogens is 418 g/mol. The van der Waals surface area contributed by atoms with Gasteiger partial charge in [0.15, 0.2) is 9.84 Å². The van der Waals surface area contributed by atoms with Crippen molar-refractivity contribution in [3.63, 3.8) is 0 Å². The number of aryl methyl sites for hydroxylation is 2. The molecule has 11 heteroatoms. The molecule has 1 aromatic carbocycles. The van der Waals surface area contributed by atoms with Crippen LogP contribution in [0.15, 0.2) is 23.1 Å². The zero-order valence-electron chi connectivity index (χ0n) is 16.8. The monoisotopic (exact) mass is 445 g/mol. The van der Waals surface area contributed by atoms with Crippen LogP contribution in [-0.4, -0.2) is 70.7 Å². The van der Waals surface area contributed by atoms with E-state index in [-0.39, 0.29) is 48.4 Å². The predicted molar refractivity (Wildman–Crippen MR) is 109 cm³/mol. The number of carbonyl (C=O) groups excluding carboxylic acids is 2. The lowest BCUT2D eigenvalue weighted by Crippen LogP contribution is -2.51. The summed E-state index contributed by atoms with van der Waals surface area (Å²) in [6.07, 6.45) is -0.129. The zero-order chi connectivity index (χ0) is 21.8. The van der Waals surface area contributed by atoms with Gasteiger partial charge in [-0.05, 0) is 44.0 Å². The van der Waals surface area contributed by atoms with Crippen LogP contribution in [0.4, 0.5) is 0 Å². The molecule has 0 bridgehead atoms. The minimum Gasteiger partial charge on any atom is -0.345 e. The number of rotatable bonds is 7. The zero-order valence-corrected chi connectivity index (χ0v) is 18.4. The topological polar surface area (TPSA) is 130 Å². The highest BCUT2D eigenvalue weighted by molar-refractivity contribution is 7.91. The summed E-state index contributed by atoms with van der Waals surface area (Å²) >= 11 is 0. The van der Waals surface area contributed by atoms with E-state index in [4.69, 9.17) is 0 Å². The summed E-state index contributed by atoms with van der Waals surface area (Å²) in [6.45, 7) is 5.33. The van der Waals surface area contributed by atoms with Gasteiger partial charge in [0.05, 0.1) is 16.4 Å². The van der Waals surface area contributed by atoms with Crippen molar-refractivity contribution in [1.29, 1.82) is 0 Å². The minimum atomic E-state index is -3.73. The minimum absolute atomic E-state index is 0.0837. The van der Waals surface area contributed by atoms with E-state index >= 15 is 0 Å². The highest BCUT2D eigenvalue weighted by Gasteiger charge is 2.28. The van der Waals surface area contributed by atoms with E-state index in [0.717, 1.165) is 11.1 Å². The van der Waals surface area contributed by atoms with Crippen LogP contribution >= 0.6 is 0 Å². The molecule has 0 saturated carbocycles. The van der Waals surface area contributed by atoms with Crippen LogP contribution in [-0.2, 0) is 29.4 Å². The third kappa shape index (κ3) is 6.51. The summed E-state index contributed by atoms with van der Waals surface area (Å²) in [6, 6.07) is 3.97. The molecule has 29 heavy (non-hydrogen) atoms. The van der Waals surface area contributed by atoms with E-state index in [2.05, 4.69) is 10.0 Å². The number of nitrogens with zero attached hydrogens (tertiary/aromatic N) is 1. The lowest BCUT2D eigenvalue weighted by Gasteiger charge is -2.29. The Morgan fingerprint density at radius 2 is 1.76 bits per heavy atom. The van der Waals surface area contributed by atoms with Crippen molar-refractivity contribution in [2.24, 2.45) is 0 Å². The second-order valence-electron chi connectivity index (χ2n) is 7.16. The van der Waals surface area contributed by atoms with Crippen LogP contribution in [0.5, 0.6) is 0 Å². The second-order valence-corrected chi connectivity index (χ2v) is 11.2. The fourth-order valence-corrected chi connectivity index (χ4v) is 5.16. The maximum atomic E-state index is 12.3. The Morgan fingerprint density at radius 3 is 2.34 bits per heavy atom. The van der Waals surface area contributed by atoms with Crippen LogP contribution in [0.25, 0.3) is 0 Å². The summed E-state index contributed by atoms with van der Waals surface area (Å²) in [4.78, 5) is 25.9. The van der Waals surface area contributed by atoms with E-state index < -0.39 is 31.8 Å². The van der Waals surface area contributed by atoms with Gasteiger partial charge in [-0.25, -0.2) is 21.6 Å². The Kier molecular flexibility index (Phi) is 7.41. The van der Waals surface area contributed by atoms with E-state index in [1.54, 1.807) is 12.1 Å². The third-order valence-corrected chi connectivity index (χ3v) is 7.90. The summed E-state index contributed by atoms with van der Waals surface area (Å²) in [5.74, 6) is -0.999. The molecule has 1 saturated heterocycles. The van der Waals surface area contributed by atoms with Gasteiger partial charge in [0.2, 0.25) is 21.8 Å². The quantitative estimate of drug-likeness (QED) is 0.594. The fourth-order valence-electron chi connectivity index (χ4n) is 2.85. The first kappa shape index (κ1) is 23.3. The molecule has 1 aliphatic rings. The standard InChI is InChI=1S/C18H27N3O6S2/c1-13-4-5-16(12-14(13)2)29(26,27)19-7-6-17(22)20-15(3)18(23)21-8-10-28(24,25)11-9-21/h4-5,12,15,19H,6-11H2,1-3H3,(H,20,22). The van der Waals surface area contributed by atoms with Crippen LogP contribution in [0.1, 0.15) is 24.5 Å². The molecule has 1 heterocycles. The van der Waals surface area contributed by atoms with Crippen LogP contribution in [0.2, 0.25) is 0 Å². The number of hydrogen-bond donors (Lipinski definition) is 2. The first-order valence-electron chi connectivity index (χ1n) is 9.27. The van der Waals surface area contributed by atoms with Gasteiger partial charge >= 0.3 is 0 Å². The first-order valence-corrected chi connectivity index (χ1v) is 12.6. The van der Waals surface area contributed by atoms with Gasteiger partial charge in [-0.3, -0.25) is 9.59 Å².